The predicted molar refractivity (Wildman–Crippen MR) is 56.5 cm³/mol. The Kier molecular flexibility index (Phi) is 3.67. The molecule has 0 saturated heterocycles. The first-order valence-electron chi connectivity index (χ1n) is 3.74. The molecule has 84 valence electrons. The summed E-state index contributed by atoms with van der Waals surface area (Å²) in [5.41, 5.74) is 4.63. The molecule has 2 nitrogen and oxygen atoms in total. The van der Waals surface area contributed by atoms with E-state index in [-0.39, 0.29) is 14.5 Å². The predicted octanol–water partition coefficient (Wildman–Crippen LogP) is 3.48. The van der Waals surface area contributed by atoms with Crippen molar-refractivity contribution in [2.24, 2.45) is 5.73 Å². The summed E-state index contributed by atoms with van der Waals surface area (Å²) in [6.45, 7) is 0. The topological polar surface area (TPSA) is 46.2 Å². The highest BCUT2D eigenvalue weighted by Gasteiger charge is 2.40. The molecule has 0 saturated carbocycles. The summed E-state index contributed by atoms with van der Waals surface area (Å²) in [6.07, 6.45) is -4.60. The maximum Gasteiger partial charge on any atom is 0.407 e. The summed E-state index contributed by atoms with van der Waals surface area (Å²) in [5, 5.41) is 9.46. The molecule has 0 aliphatic heterocycles. The highest BCUT2D eigenvalue weighted by Crippen LogP contribution is 2.42. The monoisotopic (exact) mass is 347 g/mol. The Hall–Kier alpha value is -0.270. The Morgan fingerprint density at radius 3 is 2.13 bits per heavy atom. The zero-order valence-corrected chi connectivity index (χ0v) is 10.3. The van der Waals surface area contributed by atoms with Crippen LogP contribution in [0.3, 0.4) is 0 Å². The van der Waals surface area contributed by atoms with E-state index >= 15 is 0 Å². The van der Waals surface area contributed by atoms with Gasteiger partial charge in [-0.1, -0.05) is 15.9 Å². The number of alkyl halides is 3. The highest BCUT2D eigenvalue weighted by molar-refractivity contribution is 9.11. The normalized spacial score (nSPS) is 14.0. The molecule has 0 fully saturated rings. The van der Waals surface area contributed by atoms with Gasteiger partial charge in [0, 0.05) is 10.0 Å². The van der Waals surface area contributed by atoms with Crippen molar-refractivity contribution in [3.05, 3.63) is 26.6 Å². The van der Waals surface area contributed by atoms with Gasteiger partial charge in [-0.15, -0.1) is 0 Å². The van der Waals surface area contributed by atoms with Gasteiger partial charge in [0.25, 0.3) is 0 Å². The van der Waals surface area contributed by atoms with E-state index in [1.165, 1.54) is 12.1 Å². The van der Waals surface area contributed by atoms with Crippen molar-refractivity contribution in [1.82, 2.24) is 0 Å². The third-order valence-electron chi connectivity index (χ3n) is 1.78. The first-order chi connectivity index (χ1) is 6.75. The molecule has 15 heavy (non-hydrogen) atoms. The van der Waals surface area contributed by atoms with Crippen molar-refractivity contribution in [1.29, 1.82) is 0 Å². The molecule has 1 atom stereocenters. The van der Waals surface area contributed by atoms with Gasteiger partial charge in [0.15, 0.2) is 0 Å². The van der Waals surface area contributed by atoms with E-state index in [4.69, 9.17) is 5.73 Å². The van der Waals surface area contributed by atoms with Crippen molar-refractivity contribution in [3.8, 4) is 5.75 Å². The second kappa shape index (κ2) is 4.31. The first kappa shape index (κ1) is 12.8. The molecule has 0 aromatic heterocycles. The Morgan fingerprint density at radius 2 is 1.67 bits per heavy atom. The van der Waals surface area contributed by atoms with Gasteiger partial charge >= 0.3 is 6.18 Å². The van der Waals surface area contributed by atoms with Crippen molar-refractivity contribution < 1.29 is 18.3 Å². The summed E-state index contributed by atoms with van der Waals surface area (Å²) in [7, 11) is 0. The lowest BCUT2D eigenvalue weighted by atomic mass is 10.1. The smallest absolute Gasteiger partial charge is 0.407 e. The van der Waals surface area contributed by atoms with Gasteiger partial charge in [-0.05, 0) is 28.1 Å². The molecule has 0 radical (unpaired) electrons. The van der Waals surface area contributed by atoms with Gasteiger partial charge in [-0.2, -0.15) is 13.2 Å². The van der Waals surface area contributed by atoms with Crippen LogP contribution >= 0.6 is 31.9 Å². The average Bonchev–Trinajstić information content (AvgIpc) is 2.10. The third kappa shape index (κ3) is 2.64. The lowest BCUT2D eigenvalue weighted by Gasteiger charge is -2.19. The fraction of sp³-hybridized carbons (Fsp3) is 0.250. The Labute approximate surface area is 101 Å². The molecule has 1 aromatic carbocycles. The number of hydrogen-bond acceptors (Lipinski definition) is 2. The van der Waals surface area contributed by atoms with Crippen LogP contribution in [0.5, 0.6) is 5.75 Å². The van der Waals surface area contributed by atoms with Crippen LogP contribution in [0.25, 0.3) is 0 Å². The number of nitrogens with two attached hydrogens (primary N) is 1. The van der Waals surface area contributed by atoms with Gasteiger partial charge in [-0.25, -0.2) is 0 Å². The maximum absolute atomic E-state index is 12.4. The fourth-order valence-electron chi connectivity index (χ4n) is 1.02. The van der Waals surface area contributed by atoms with Gasteiger partial charge in [0.2, 0.25) is 0 Å². The van der Waals surface area contributed by atoms with E-state index in [9.17, 15) is 18.3 Å². The van der Waals surface area contributed by atoms with Crippen LogP contribution in [0.4, 0.5) is 13.2 Å². The van der Waals surface area contributed by atoms with Gasteiger partial charge in [0.05, 0.1) is 4.47 Å². The zero-order chi connectivity index (χ0) is 11.8. The second-order valence-corrected chi connectivity index (χ2v) is 4.52. The molecule has 1 rings (SSSR count). The number of aromatic hydroxyl groups is 1. The molecule has 3 N–H and O–H groups in total. The Morgan fingerprint density at radius 1 is 1.20 bits per heavy atom. The molecule has 0 amide bonds. The standard InChI is InChI=1S/C8H6Br2F3NO/c9-3-1-2-4(10)6(15)5(3)7(14)8(11,12)13/h1-2,7,15H,14H2/t7-/m1/s1. The molecule has 7 heteroatoms. The van der Waals surface area contributed by atoms with Crippen molar-refractivity contribution >= 4 is 31.9 Å². The van der Waals surface area contributed by atoms with E-state index in [1.807, 2.05) is 0 Å². The molecule has 0 aliphatic carbocycles. The van der Waals surface area contributed by atoms with E-state index in [1.54, 1.807) is 0 Å². The third-order valence-corrected chi connectivity index (χ3v) is 3.11. The SMILES string of the molecule is N[C@H](c1c(Br)ccc(Br)c1O)C(F)(F)F. The molecule has 0 heterocycles. The lowest BCUT2D eigenvalue weighted by Crippen LogP contribution is -2.28. The molecule has 1 aromatic rings. The number of halogens is 5. The van der Waals surface area contributed by atoms with Crippen LogP contribution in [0.2, 0.25) is 0 Å². The van der Waals surface area contributed by atoms with Gasteiger partial charge < -0.3 is 10.8 Å². The van der Waals surface area contributed by atoms with E-state index in [2.05, 4.69) is 31.9 Å². The van der Waals surface area contributed by atoms with Crippen LogP contribution in [-0.2, 0) is 0 Å². The Balaban J connectivity index is 3.31. The van der Waals surface area contributed by atoms with E-state index in [0.717, 1.165) is 0 Å². The van der Waals surface area contributed by atoms with Crippen molar-refractivity contribution in [2.45, 2.75) is 12.2 Å². The molecule has 0 unspecified atom stereocenters. The van der Waals surface area contributed by atoms with Gasteiger partial charge in [0.1, 0.15) is 11.8 Å². The summed E-state index contributed by atoms with van der Waals surface area (Å²) in [4.78, 5) is 0. The zero-order valence-electron chi connectivity index (χ0n) is 7.15. The summed E-state index contributed by atoms with van der Waals surface area (Å²) < 4.78 is 37.3. The van der Waals surface area contributed by atoms with E-state index in [0.29, 0.717) is 0 Å². The molecule has 0 bridgehead atoms. The minimum absolute atomic E-state index is 0.119. The highest BCUT2D eigenvalue weighted by atomic mass is 79.9. The number of hydrogen-bond donors (Lipinski definition) is 2. The molecular weight excluding hydrogens is 343 g/mol. The van der Waals surface area contributed by atoms with Crippen molar-refractivity contribution in [3.63, 3.8) is 0 Å². The van der Waals surface area contributed by atoms with Crippen LogP contribution in [0.15, 0.2) is 21.1 Å². The van der Waals surface area contributed by atoms with Crippen LogP contribution < -0.4 is 5.73 Å². The second-order valence-electron chi connectivity index (χ2n) is 2.81. The van der Waals surface area contributed by atoms with E-state index < -0.39 is 18.0 Å². The maximum atomic E-state index is 12.4. The van der Waals surface area contributed by atoms with Gasteiger partial charge in [-0.3, -0.25) is 0 Å². The number of phenols is 1. The minimum atomic E-state index is -4.60. The summed E-state index contributed by atoms with van der Waals surface area (Å²) in [6, 6.07) is 0.584. The largest absolute Gasteiger partial charge is 0.506 e. The molecule has 0 spiro atoms. The fourth-order valence-corrected chi connectivity index (χ4v) is 1.93. The molecular formula is C8H6Br2F3NO. The lowest BCUT2D eigenvalue weighted by molar-refractivity contribution is -0.149. The molecule has 0 aliphatic rings. The summed E-state index contributed by atoms with van der Waals surface area (Å²) in [5.74, 6) is -0.505. The number of rotatable bonds is 1. The quantitative estimate of drug-likeness (QED) is 0.816. The van der Waals surface area contributed by atoms with Crippen molar-refractivity contribution in [2.75, 3.05) is 0 Å². The van der Waals surface area contributed by atoms with Crippen LogP contribution in [0, 0.1) is 0 Å². The minimum Gasteiger partial charge on any atom is -0.506 e. The average molecular weight is 349 g/mol. The number of benzene rings is 1. The first-order valence-corrected chi connectivity index (χ1v) is 5.33. The Bertz CT molecular complexity index is 381. The van der Waals surface area contributed by atoms with Crippen LogP contribution in [0.1, 0.15) is 11.6 Å². The van der Waals surface area contributed by atoms with Crippen LogP contribution in [-0.4, -0.2) is 11.3 Å². The summed E-state index contributed by atoms with van der Waals surface area (Å²) >= 11 is 5.84. The number of phenolic OH excluding ortho intramolecular Hbond substituents is 1.